The van der Waals surface area contributed by atoms with E-state index in [0.29, 0.717) is 6.54 Å². The zero-order valence-corrected chi connectivity index (χ0v) is 8.31. The minimum absolute atomic E-state index is 0.622. The largest absolute Gasteiger partial charge is 0.327 e. The van der Waals surface area contributed by atoms with Gasteiger partial charge in [0, 0.05) is 17.2 Å². The number of thioether (sulfide) groups is 1. The van der Waals surface area contributed by atoms with Crippen LogP contribution in [0, 0.1) is 0 Å². The maximum atomic E-state index is 5.43. The molecule has 13 heavy (non-hydrogen) atoms. The van der Waals surface area contributed by atoms with Gasteiger partial charge in [-0.25, -0.2) is 0 Å². The molecule has 0 fully saturated rings. The molecule has 68 valence electrons. The van der Waals surface area contributed by atoms with Crippen molar-refractivity contribution in [3.63, 3.8) is 0 Å². The highest BCUT2D eigenvalue weighted by Crippen LogP contribution is 2.33. The van der Waals surface area contributed by atoms with E-state index in [1.807, 2.05) is 17.8 Å². The molecule has 1 aromatic carbocycles. The summed E-state index contributed by atoms with van der Waals surface area (Å²) in [5.74, 6) is 1.23. The van der Waals surface area contributed by atoms with Crippen LogP contribution in [0.2, 0.25) is 0 Å². The first kappa shape index (κ1) is 8.85. The molecule has 0 bridgehead atoms. The third-order valence-electron chi connectivity index (χ3n) is 2.21. The maximum absolute atomic E-state index is 5.43. The molecule has 1 aliphatic rings. The van der Waals surface area contributed by atoms with Crippen LogP contribution in [0.5, 0.6) is 0 Å². The Hall–Kier alpha value is -0.730. The summed E-state index contributed by atoms with van der Waals surface area (Å²) in [6.45, 7) is 0.622. The normalized spacial score (nSPS) is 15.2. The van der Waals surface area contributed by atoms with Gasteiger partial charge in [0.2, 0.25) is 0 Å². The molecule has 0 atom stereocenters. The molecule has 2 N–H and O–H groups in total. The van der Waals surface area contributed by atoms with Gasteiger partial charge < -0.3 is 5.73 Å². The van der Waals surface area contributed by atoms with Crippen LogP contribution in [0.15, 0.2) is 29.2 Å². The summed E-state index contributed by atoms with van der Waals surface area (Å²) in [7, 11) is 0. The Bertz CT molecular complexity index is 331. The molecule has 0 radical (unpaired) electrons. The molecule has 0 saturated carbocycles. The van der Waals surface area contributed by atoms with Gasteiger partial charge in [-0.3, -0.25) is 0 Å². The van der Waals surface area contributed by atoms with Gasteiger partial charge in [-0.15, -0.1) is 11.8 Å². The van der Waals surface area contributed by atoms with E-state index in [2.05, 4.69) is 24.3 Å². The number of benzene rings is 1. The zero-order valence-electron chi connectivity index (χ0n) is 7.49. The fourth-order valence-corrected chi connectivity index (χ4v) is 2.69. The van der Waals surface area contributed by atoms with E-state index < -0.39 is 0 Å². The van der Waals surface area contributed by atoms with Crippen molar-refractivity contribution in [2.75, 3.05) is 12.3 Å². The zero-order chi connectivity index (χ0) is 9.10. The lowest BCUT2D eigenvalue weighted by molar-refractivity contribution is 1.14. The number of rotatable bonds is 2. The van der Waals surface area contributed by atoms with E-state index in [0.717, 1.165) is 0 Å². The van der Waals surface area contributed by atoms with Crippen molar-refractivity contribution >= 4 is 17.8 Å². The molecular weight excluding hydrogens is 178 g/mol. The van der Waals surface area contributed by atoms with E-state index in [1.54, 1.807) is 0 Å². The average molecular weight is 191 g/mol. The molecule has 2 heteroatoms. The van der Waals surface area contributed by atoms with E-state index >= 15 is 0 Å². The van der Waals surface area contributed by atoms with Gasteiger partial charge in [0.05, 0.1) is 0 Å². The minimum atomic E-state index is 0.622. The Kier molecular flexibility index (Phi) is 2.71. The summed E-state index contributed by atoms with van der Waals surface area (Å²) in [6.07, 6.45) is 5.34. The summed E-state index contributed by atoms with van der Waals surface area (Å²) in [6, 6.07) is 6.48. The molecule has 0 amide bonds. The molecule has 0 unspecified atom stereocenters. The van der Waals surface area contributed by atoms with Crippen molar-refractivity contribution in [2.45, 2.75) is 11.3 Å². The average Bonchev–Trinajstić information content (AvgIpc) is 2.62. The van der Waals surface area contributed by atoms with Crippen LogP contribution in [0.25, 0.3) is 6.08 Å². The van der Waals surface area contributed by atoms with Crippen molar-refractivity contribution in [1.29, 1.82) is 0 Å². The summed E-state index contributed by atoms with van der Waals surface area (Å²) in [5.41, 5.74) is 8.27. The summed E-state index contributed by atoms with van der Waals surface area (Å²) in [5, 5.41) is 0. The van der Waals surface area contributed by atoms with Crippen LogP contribution < -0.4 is 5.73 Å². The van der Waals surface area contributed by atoms with E-state index in [1.165, 1.54) is 28.2 Å². The minimum Gasteiger partial charge on any atom is -0.327 e. The number of hydrogen-bond acceptors (Lipinski definition) is 2. The van der Waals surface area contributed by atoms with Crippen molar-refractivity contribution in [2.24, 2.45) is 5.73 Å². The number of fused-ring (bicyclic) bond motifs is 1. The summed E-state index contributed by atoms with van der Waals surface area (Å²) >= 11 is 1.95. The third kappa shape index (κ3) is 1.79. The van der Waals surface area contributed by atoms with Crippen molar-refractivity contribution < 1.29 is 0 Å². The highest BCUT2D eigenvalue weighted by atomic mass is 32.2. The number of hydrogen-bond donors (Lipinski definition) is 1. The van der Waals surface area contributed by atoms with Crippen LogP contribution in [-0.4, -0.2) is 12.3 Å². The second kappa shape index (κ2) is 3.99. The van der Waals surface area contributed by atoms with Crippen molar-refractivity contribution in [3.8, 4) is 0 Å². The maximum Gasteiger partial charge on any atom is 0.0110 e. The molecule has 1 aromatic rings. The van der Waals surface area contributed by atoms with E-state index in [-0.39, 0.29) is 0 Å². The smallest absolute Gasteiger partial charge is 0.0110 e. The topological polar surface area (TPSA) is 26.0 Å². The first-order chi connectivity index (χ1) is 6.42. The predicted octanol–water partition coefficient (Wildman–Crippen LogP) is 2.31. The highest BCUT2D eigenvalue weighted by molar-refractivity contribution is 7.99. The number of nitrogens with two attached hydrogens (primary N) is 1. The second-order valence-electron chi connectivity index (χ2n) is 3.06. The van der Waals surface area contributed by atoms with Crippen LogP contribution >= 0.6 is 11.8 Å². The Balaban J connectivity index is 2.36. The molecule has 1 aliphatic heterocycles. The lowest BCUT2D eigenvalue weighted by Crippen LogP contribution is -1.93. The van der Waals surface area contributed by atoms with Gasteiger partial charge in [-0.2, -0.15) is 0 Å². The van der Waals surface area contributed by atoms with Crippen LogP contribution in [0.3, 0.4) is 0 Å². The Labute approximate surface area is 83.0 Å². The Morgan fingerprint density at radius 1 is 1.46 bits per heavy atom. The molecule has 1 nitrogen and oxygen atoms in total. The summed E-state index contributed by atoms with van der Waals surface area (Å²) in [4.78, 5) is 1.44. The summed E-state index contributed by atoms with van der Waals surface area (Å²) < 4.78 is 0. The molecule has 0 saturated heterocycles. The monoisotopic (exact) mass is 191 g/mol. The Morgan fingerprint density at radius 2 is 2.38 bits per heavy atom. The molecule has 0 aliphatic carbocycles. The SMILES string of the molecule is NC/C=C/c1cccc2c1CCS2. The first-order valence-electron chi connectivity index (χ1n) is 4.53. The van der Waals surface area contributed by atoms with Gasteiger partial charge in [-0.1, -0.05) is 24.3 Å². The predicted molar refractivity (Wildman–Crippen MR) is 59.0 cm³/mol. The standard InChI is InChI=1S/C11H13NS/c12-7-2-4-9-3-1-5-11-10(9)6-8-13-11/h1-5H,6-8,12H2/b4-2+. The quantitative estimate of drug-likeness (QED) is 0.776. The van der Waals surface area contributed by atoms with Gasteiger partial charge in [-0.05, 0) is 23.6 Å². The Morgan fingerprint density at radius 3 is 3.23 bits per heavy atom. The second-order valence-corrected chi connectivity index (χ2v) is 4.20. The highest BCUT2D eigenvalue weighted by Gasteiger charge is 2.12. The molecular formula is C11H13NS. The molecule has 1 heterocycles. The van der Waals surface area contributed by atoms with Gasteiger partial charge in [0.1, 0.15) is 0 Å². The lowest BCUT2D eigenvalue weighted by atomic mass is 10.1. The van der Waals surface area contributed by atoms with Gasteiger partial charge in [0.25, 0.3) is 0 Å². The van der Waals surface area contributed by atoms with Gasteiger partial charge >= 0.3 is 0 Å². The third-order valence-corrected chi connectivity index (χ3v) is 3.31. The van der Waals surface area contributed by atoms with Gasteiger partial charge in [0.15, 0.2) is 0 Å². The first-order valence-corrected chi connectivity index (χ1v) is 5.51. The molecule has 0 aromatic heterocycles. The lowest BCUT2D eigenvalue weighted by Gasteiger charge is -2.01. The van der Waals surface area contributed by atoms with Crippen molar-refractivity contribution in [3.05, 3.63) is 35.4 Å². The molecule has 2 rings (SSSR count). The van der Waals surface area contributed by atoms with Crippen LogP contribution in [0.4, 0.5) is 0 Å². The molecule has 0 spiro atoms. The fourth-order valence-electron chi connectivity index (χ4n) is 1.60. The fraction of sp³-hybridized carbons (Fsp3) is 0.273. The van der Waals surface area contributed by atoms with E-state index in [9.17, 15) is 0 Å². The van der Waals surface area contributed by atoms with Crippen LogP contribution in [0.1, 0.15) is 11.1 Å². The van der Waals surface area contributed by atoms with E-state index in [4.69, 9.17) is 5.73 Å². The van der Waals surface area contributed by atoms with Crippen molar-refractivity contribution in [1.82, 2.24) is 0 Å². The van der Waals surface area contributed by atoms with Crippen LogP contribution in [-0.2, 0) is 6.42 Å².